The fraction of sp³-hybridized carbons (Fsp3) is 0.258. The van der Waals surface area contributed by atoms with Crippen LogP contribution in [0.15, 0.2) is 90.2 Å². The van der Waals surface area contributed by atoms with Crippen molar-refractivity contribution in [1.29, 1.82) is 0 Å². The smallest absolute Gasteiger partial charge is 0.294 e. The maximum Gasteiger partial charge on any atom is 0.294 e. The molecule has 0 bridgehead atoms. The van der Waals surface area contributed by atoms with E-state index in [0.29, 0.717) is 17.8 Å². The number of nitrogens with zero attached hydrogens (tertiary/aromatic N) is 1. The highest BCUT2D eigenvalue weighted by Gasteiger charge is 2.44. The van der Waals surface area contributed by atoms with Gasteiger partial charge in [-0.3, -0.25) is 19.3 Å². The number of aliphatic hydroxyl groups excluding tert-OH is 1. The van der Waals surface area contributed by atoms with E-state index < -0.39 is 17.7 Å². The lowest BCUT2D eigenvalue weighted by atomic mass is 9.85. The third-order valence-electron chi connectivity index (χ3n) is 6.55. The number of carbonyl (C=O) groups is 3. The van der Waals surface area contributed by atoms with E-state index in [0.717, 1.165) is 16.7 Å². The number of amides is 2. The molecule has 0 aliphatic carbocycles. The summed E-state index contributed by atoms with van der Waals surface area (Å²) in [6.07, 6.45) is 0.675. The molecule has 2 N–H and O–H groups in total. The number of Topliss-reactive ketones (excluding diaryl/α,β-unsaturated/α-hetero) is 1. The third-order valence-corrected chi connectivity index (χ3v) is 6.55. The molecule has 1 atom stereocenters. The molecule has 1 unspecified atom stereocenters. The van der Waals surface area contributed by atoms with Crippen LogP contribution in [0.5, 0.6) is 0 Å². The maximum atomic E-state index is 13.5. The molecule has 0 saturated heterocycles. The van der Waals surface area contributed by atoms with Crippen LogP contribution in [-0.2, 0) is 26.2 Å². The Bertz CT molecular complexity index is 1330. The fourth-order valence-corrected chi connectivity index (χ4v) is 4.58. The highest BCUT2D eigenvalue weighted by molar-refractivity contribution is 6.16. The molecule has 6 nitrogen and oxygen atoms in total. The summed E-state index contributed by atoms with van der Waals surface area (Å²) in [5.74, 6) is -1.61. The van der Waals surface area contributed by atoms with Gasteiger partial charge in [0, 0.05) is 24.7 Å². The first-order chi connectivity index (χ1) is 17.6. The lowest BCUT2D eigenvalue weighted by Crippen LogP contribution is -2.31. The van der Waals surface area contributed by atoms with Crippen molar-refractivity contribution in [3.05, 3.63) is 107 Å². The van der Waals surface area contributed by atoms with Crippen molar-refractivity contribution in [1.82, 2.24) is 0 Å². The standard InChI is InChI=1S/C31H32N2O4/c1-20(34)32-24-15-17-25(18-16-24)33-28(22-11-13-23(14-12-22)31(2,3)4)27(29(36)30(33)37)26(35)19-10-21-8-6-5-7-9-21/h5-9,11-18,28,36H,10,19H2,1-4H3,(H,32,34). The van der Waals surface area contributed by atoms with Gasteiger partial charge in [-0.2, -0.15) is 0 Å². The summed E-state index contributed by atoms with van der Waals surface area (Å²) in [5, 5.41) is 13.7. The Balaban J connectivity index is 1.72. The van der Waals surface area contributed by atoms with E-state index in [9.17, 15) is 19.5 Å². The number of ketones is 1. The Kier molecular flexibility index (Phi) is 7.30. The predicted octanol–water partition coefficient (Wildman–Crippen LogP) is 6.04. The molecule has 3 aromatic carbocycles. The van der Waals surface area contributed by atoms with Crippen LogP contribution in [0.1, 0.15) is 56.8 Å². The van der Waals surface area contributed by atoms with Crippen LogP contribution in [0.4, 0.5) is 11.4 Å². The van der Waals surface area contributed by atoms with Crippen LogP contribution in [0.25, 0.3) is 0 Å². The molecule has 4 rings (SSSR count). The molecule has 1 heterocycles. The third kappa shape index (κ3) is 5.64. The number of aryl methyl sites for hydroxylation is 1. The van der Waals surface area contributed by atoms with Crippen molar-refractivity contribution in [2.75, 3.05) is 10.2 Å². The number of carbonyl (C=O) groups excluding carboxylic acids is 3. The Morgan fingerprint density at radius 3 is 2.11 bits per heavy atom. The van der Waals surface area contributed by atoms with Gasteiger partial charge in [-0.25, -0.2) is 0 Å². The van der Waals surface area contributed by atoms with Gasteiger partial charge in [-0.15, -0.1) is 0 Å². The number of rotatable bonds is 7. The molecule has 37 heavy (non-hydrogen) atoms. The first-order valence-corrected chi connectivity index (χ1v) is 12.4. The first-order valence-electron chi connectivity index (χ1n) is 12.4. The largest absolute Gasteiger partial charge is 0.503 e. The van der Waals surface area contributed by atoms with E-state index >= 15 is 0 Å². The number of aliphatic hydroxyl groups is 1. The molecule has 1 aliphatic rings. The van der Waals surface area contributed by atoms with Gasteiger partial charge >= 0.3 is 0 Å². The zero-order chi connectivity index (χ0) is 26.7. The van der Waals surface area contributed by atoms with Crippen LogP contribution in [-0.4, -0.2) is 22.7 Å². The zero-order valence-corrected chi connectivity index (χ0v) is 21.6. The fourth-order valence-electron chi connectivity index (χ4n) is 4.58. The number of hydrogen-bond donors (Lipinski definition) is 2. The van der Waals surface area contributed by atoms with Gasteiger partial charge in [0.05, 0.1) is 11.6 Å². The van der Waals surface area contributed by atoms with Crippen LogP contribution >= 0.6 is 0 Å². The van der Waals surface area contributed by atoms with Gasteiger partial charge < -0.3 is 10.4 Å². The molecule has 1 aliphatic heterocycles. The second-order valence-electron chi connectivity index (χ2n) is 10.3. The number of benzene rings is 3. The van der Waals surface area contributed by atoms with E-state index in [-0.39, 0.29) is 29.1 Å². The van der Waals surface area contributed by atoms with Gasteiger partial charge in [0.1, 0.15) is 0 Å². The number of hydrogen-bond acceptors (Lipinski definition) is 4. The molecule has 3 aromatic rings. The van der Waals surface area contributed by atoms with Gasteiger partial charge in [0.15, 0.2) is 11.5 Å². The van der Waals surface area contributed by atoms with E-state index in [1.165, 1.54) is 11.8 Å². The minimum atomic E-state index is -0.767. The van der Waals surface area contributed by atoms with Crippen molar-refractivity contribution >= 4 is 29.0 Å². The van der Waals surface area contributed by atoms with E-state index in [1.54, 1.807) is 24.3 Å². The average molecular weight is 497 g/mol. The topological polar surface area (TPSA) is 86.7 Å². The molecule has 190 valence electrons. The molecule has 0 saturated carbocycles. The summed E-state index contributed by atoms with van der Waals surface area (Å²) in [4.78, 5) is 39.7. The molecule has 0 aromatic heterocycles. The van der Waals surface area contributed by atoms with Gasteiger partial charge in [0.2, 0.25) is 5.91 Å². The minimum Gasteiger partial charge on any atom is -0.503 e. The molecule has 0 fully saturated rings. The summed E-state index contributed by atoms with van der Waals surface area (Å²) < 4.78 is 0. The summed E-state index contributed by atoms with van der Waals surface area (Å²) in [7, 11) is 0. The average Bonchev–Trinajstić information content (AvgIpc) is 3.13. The Hall–Kier alpha value is -4.19. The number of anilines is 2. The van der Waals surface area contributed by atoms with Crippen LogP contribution < -0.4 is 10.2 Å². The molecule has 6 heteroatoms. The molecule has 0 spiro atoms. The zero-order valence-electron chi connectivity index (χ0n) is 21.6. The second-order valence-corrected chi connectivity index (χ2v) is 10.3. The Morgan fingerprint density at radius 2 is 1.54 bits per heavy atom. The molecule has 2 amide bonds. The van der Waals surface area contributed by atoms with Crippen molar-refractivity contribution in [3.8, 4) is 0 Å². The highest BCUT2D eigenvalue weighted by atomic mass is 16.3. The Labute approximate surface area is 217 Å². The first kappa shape index (κ1) is 25.9. The van der Waals surface area contributed by atoms with Crippen molar-refractivity contribution in [2.24, 2.45) is 0 Å². The van der Waals surface area contributed by atoms with Crippen LogP contribution in [0.3, 0.4) is 0 Å². The van der Waals surface area contributed by atoms with Crippen molar-refractivity contribution in [3.63, 3.8) is 0 Å². The summed E-state index contributed by atoms with van der Waals surface area (Å²) in [5.41, 5.74) is 4.02. The maximum absolute atomic E-state index is 13.5. The normalized spacial score (nSPS) is 15.7. The van der Waals surface area contributed by atoms with E-state index in [2.05, 4.69) is 26.1 Å². The van der Waals surface area contributed by atoms with Crippen molar-refractivity contribution in [2.45, 2.75) is 52.0 Å². The minimum absolute atomic E-state index is 0.0600. The quantitative estimate of drug-likeness (QED) is 0.417. The molecular weight excluding hydrogens is 464 g/mol. The number of nitrogens with one attached hydrogen (secondary N) is 1. The van der Waals surface area contributed by atoms with Crippen molar-refractivity contribution < 1.29 is 19.5 Å². The molecular formula is C31H32N2O4. The lowest BCUT2D eigenvalue weighted by molar-refractivity contribution is -0.118. The van der Waals surface area contributed by atoms with Crippen LogP contribution in [0.2, 0.25) is 0 Å². The summed E-state index contributed by atoms with van der Waals surface area (Å²) >= 11 is 0. The van der Waals surface area contributed by atoms with Gasteiger partial charge in [-0.05, 0) is 52.8 Å². The summed E-state index contributed by atoms with van der Waals surface area (Å²) in [6, 6.07) is 23.5. The molecule has 0 radical (unpaired) electrons. The SMILES string of the molecule is CC(=O)Nc1ccc(N2C(=O)C(O)=C(C(=O)CCc3ccccc3)C2c2ccc(C(C)(C)C)cc2)cc1. The lowest BCUT2D eigenvalue weighted by Gasteiger charge is -2.28. The van der Waals surface area contributed by atoms with E-state index in [4.69, 9.17) is 0 Å². The predicted molar refractivity (Wildman–Crippen MR) is 146 cm³/mol. The monoisotopic (exact) mass is 496 g/mol. The summed E-state index contributed by atoms with van der Waals surface area (Å²) in [6.45, 7) is 7.78. The van der Waals surface area contributed by atoms with Crippen LogP contribution in [0, 0.1) is 0 Å². The van der Waals surface area contributed by atoms with E-state index in [1.807, 2.05) is 54.6 Å². The van der Waals surface area contributed by atoms with Gasteiger partial charge in [0.25, 0.3) is 5.91 Å². The van der Waals surface area contributed by atoms with Gasteiger partial charge in [-0.1, -0.05) is 75.4 Å². The second kappa shape index (κ2) is 10.4. The highest BCUT2D eigenvalue weighted by Crippen LogP contribution is 2.42. The Morgan fingerprint density at radius 1 is 0.919 bits per heavy atom.